The SMILES string of the molecule is CC(C)=C(C)NC1CCCCC1. The molecule has 1 fully saturated rings. The van der Waals surface area contributed by atoms with Gasteiger partial charge in [-0.3, -0.25) is 0 Å². The van der Waals surface area contributed by atoms with Gasteiger partial charge in [0.2, 0.25) is 0 Å². The summed E-state index contributed by atoms with van der Waals surface area (Å²) < 4.78 is 0. The monoisotopic (exact) mass is 167 g/mol. The first-order valence-electron chi connectivity index (χ1n) is 5.11. The molecule has 1 aliphatic carbocycles. The molecule has 0 aromatic heterocycles. The Bertz CT molecular complexity index is 160. The van der Waals surface area contributed by atoms with E-state index in [1.807, 2.05) is 0 Å². The predicted octanol–water partition coefficient (Wildman–Crippen LogP) is 3.22. The topological polar surface area (TPSA) is 12.0 Å². The number of allylic oxidation sites excluding steroid dienone is 2. The lowest BCUT2D eigenvalue weighted by Crippen LogP contribution is -2.29. The number of nitrogens with one attached hydrogen (secondary N) is 1. The van der Waals surface area contributed by atoms with Crippen LogP contribution < -0.4 is 5.32 Å². The fourth-order valence-electron chi connectivity index (χ4n) is 1.70. The average molecular weight is 167 g/mol. The zero-order chi connectivity index (χ0) is 8.97. The molecule has 1 rings (SSSR count). The fraction of sp³-hybridized carbons (Fsp3) is 0.818. The molecular formula is C11H21N. The smallest absolute Gasteiger partial charge is 0.0258 e. The summed E-state index contributed by atoms with van der Waals surface area (Å²) >= 11 is 0. The van der Waals surface area contributed by atoms with Crippen molar-refractivity contribution in [2.75, 3.05) is 0 Å². The Balaban J connectivity index is 2.34. The molecule has 1 N–H and O–H groups in total. The molecule has 1 nitrogen and oxygen atoms in total. The molecule has 12 heavy (non-hydrogen) atoms. The first-order valence-corrected chi connectivity index (χ1v) is 5.11. The van der Waals surface area contributed by atoms with Crippen molar-refractivity contribution in [1.82, 2.24) is 5.32 Å². The van der Waals surface area contributed by atoms with Crippen molar-refractivity contribution in [2.45, 2.75) is 58.9 Å². The van der Waals surface area contributed by atoms with E-state index in [0.29, 0.717) is 0 Å². The van der Waals surface area contributed by atoms with Gasteiger partial charge in [0.15, 0.2) is 0 Å². The second-order valence-corrected chi connectivity index (χ2v) is 4.10. The van der Waals surface area contributed by atoms with Crippen molar-refractivity contribution in [2.24, 2.45) is 0 Å². The summed E-state index contributed by atoms with van der Waals surface area (Å²) in [4.78, 5) is 0. The van der Waals surface area contributed by atoms with Gasteiger partial charge in [-0.15, -0.1) is 0 Å². The second kappa shape index (κ2) is 4.54. The maximum Gasteiger partial charge on any atom is 0.0258 e. The molecule has 0 aromatic rings. The molecule has 0 bridgehead atoms. The highest BCUT2D eigenvalue weighted by molar-refractivity contribution is 5.05. The standard InChI is InChI=1S/C11H21N/c1-9(2)10(3)12-11-7-5-4-6-8-11/h11-12H,4-8H2,1-3H3. The van der Waals surface area contributed by atoms with Crippen LogP contribution in [0.2, 0.25) is 0 Å². The zero-order valence-corrected chi connectivity index (χ0v) is 8.61. The third-order valence-electron chi connectivity index (χ3n) is 2.78. The van der Waals surface area contributed by atoms with Crippen LogP contribution in [0.15, 0.2) is 11.3 Å². The maximum absolute atomic E-state index is 3.60. The lowest BCUT2D eigenvalue weighted by atomic mass is 9.95. The van der Waals surface area contributed by atoms with Crippen molar-refractivity contribution in [3.63, 3.8) is 0 Å². The zero-order valence-electron chi connectivity index (χ0n) is 8.61. The fourth-order valence-corrected chi connectivity index (χ4v) is 1.70. The molecule has 0 aliphatic heterocycles. The summed E-state index contributed by atoms with van der Waals surface area (Å²) in [7, 11) is 0. The van der Waals surface area contributed by atoms with Gasteiger partial charge in [-0.25, -0.2) is 0 Å². The largest absolute Gasteiger partial charge is 0.386 e. The number of hydrogen-bond acceptors (Lipinski definition) is 1. The summed E-state index contributed by atoms with van der Waals surface area (Å²) in [6.07, 6.45) is 6.99. The molecule has 0 amide bonds. The highest BCUT2D eigenvalue weighted by Gasteiger charge is 2.12. The second-order valence-electron chi connectivity index (χ2n) is 4.10. The Labute approximate surface area is 76.2 Å². The van der Waals surface area contributed by atoms with Gasteiger partial charge in [-0.05, 0) is 33.6 Å². The van der Waals surface area contributed by atoms with Gasteiger partial charge in [0, 0.05) is 11.7 Å². The third kappa shape index (κ3) is 2.88. The number of hydrogen-bond donors (Lipinski definition) is 1. The van der Waals surface area contributed by atoms with Crippen molar-refractivity contribution in [3.05, 3.63) is 11.3 Å². The molecule has 1 heteroatoms. The van der Waals surface area contributed by atoms with Gasteiger partial charge in [0.1, 0.15) is 0 Å². The summed E-state index contributed by atoms with van der Waals surface area (Å²) in [5.74, 6) is 0. The van der Waals surface area contributed by atoms with E-state index in [4.69, 9.17) is 0 Å². The molecule has 0 atom stereocenters. The predicted molar refractivity (Wildman–Crippen MR) is 54.1 cm³/mol. The third-order valence-corrected chi connectivity index (χ3v) is 2.78. The van der Waals surface area contributed by atoms with E-state index < -0.39 is 0 Å². The highest BCUT2D eigenvalue weighted by atomic mass is 14.9. The average Bonchev–Trinajstić information content (AvgIpc) is 2.06. The quantitative estimate of drug-likeness (QED) is 0.666. The van der Waals surface area contributed by atoms with Crippen LogP contribution in [0, 0.1) is 0 Å². The van der Waals surface area contributed by atoms with Crippen LogP contribution in [0.1, 0.15) is 52.9 Å². The van der Waals surface area contributed by atoms with Crippen molar-refractivity contribution >= 4 is 0 Å². The van der Waals surface area contributed by atoms with E-state index >= 15 is 0 Å². The molecule has 0 spiro atoms. The minimum atomic E-state index is 0.758. The lowest BCUT2D eigenvalue weighted by Gasteiger charge is -2.24. The van der Waals surface area contributed by atoms with Crippen molar-refractivity contribution < 1.29 is 0 Å². The highest BCUT2D eigenvalue weighted by Crippen LogP contribution is 2.18. The van der Waals surface area contributed by atoms with Gasteiger partial charge in [-0.1, -0.05) is 24.8 Å². The molecule has 0 unspecified atom stereocenters. The van der Waals surface area contributed by atoms with E-state index in [-0.39, 0.29) is 0 Å². The van der Waals surface area contributed by atoms with Crippen LogP contribution in [0.4, 0.5) is 0 Å². The Hall–Kier alpha value is -0.460. The van der Waals surface area contributed by atoms with Crippen molar-refractivity contribution in [3.8, 4) is 0 Å². The Morgan fingerprint density at radius 2 is 1.58 bits per heavy atom. The maximum atomic E-state index is 3.60. The van der Waals surface area contributed by atoms with Gasteiger partial charge in [-0.2, -0.15) is 0 Å². The molecule has 1 saturated carbocycles. The first-order chi connectivity index (χ1) is 5.70. The van der Waals surface area contributed by atoms with Crippen LogP contribution >= 0.6 is 0 Å². The Kier molecular flexibility index (Phi) is 3.64. The molecule has 0 saturated heterocycles. The van der Waals surface area contributed by atoms with Crippen LogP contribution in [-0.2, 0) is 0 Å². The van der Waals surface area contributed by atoms with Crippen LogP contribution in [0.3, 0.4) is 0 Å². The molecule has 0 heterocycles. The summed E-state index contributed by atoms with van der Waals surface area (Å²) in [5.41, 5.74) is 2.79. The van der Waals surface area contributed by atoms with Crippen LogP contribution in [0.25, 0.3) is 0 Å². The van der Waals surface area contributed by atoms with E-state index in [2.05, 4.69) is 26.1 Å². The van der Waals surface area contributed by atoms with Crippen LogP contribution in [0.5, 0.6) is 0 Å². The first kappa shape index (κ1) is 9.63. The van der Waals surface area contributed by atoms with Gasteiger partial charge in [0.25, 0.3) is 0 Å². The number of rotatable bonds is 2. The van der Waals surface area contributed by atoms with E-state index in [1.54, 1.807) is 0 Å². The van der Waals surface area contributed by atoms with E-state index in [1.165, 1.54) is 43.4 Å². The van der Waals surface area contributed by atoms with Gasteiger partial charge in [0.05, 0.1) is 0 Å². The van der Waals surface area contributed by atoms with Crippen molar-refractivity contribution in [1.29, 1.82) is 0 Å². The Morgan fingerprint density at radius 1 is 1.00 bits per heavy atom. The minimum Gasteiger partial charge on any atom is -0.386 e. The van der Waals surface area contributed by atoms with Gasteiger partial charge >= 0.3 is 0 Å². The molecule has 70 valence electrons. The normalized spacial score (nSPS) is 18.9. The van der Waals surface area contributed by atoms with E-state index in [0.717, 1.165) is 6.04 Å². The van der Waals surface area contributed by atoms with E-state index in [9.17, 15) is 0 Å². The van der Waals surface area contributed by atoms with Gasteiger partial charge < -0.3 is 5.32 Å². The molecule has 1 aliphatic rings. The summed E-state index contributed by atoms with van der Waals surface area (Å²) in [6.45, 7) is 6.53. The summed E-state index contributed by atoms with van der Waals surface area (Å²) in [6, 6.07) is 0.758. The molecular weight excluding hydrogens is 146 g/mol. The molecule has 0 radical (unpaired) electrons. The van der Waals surface area contributed by atoms with Crippen LogP contribution in [-0.4, -0.2) is 6.04 Å². The lowest BCUT2D eigenvalue weighted by molar-refractivity contribution is 0.395. The summed E-state index contributed by atoms with van der Waals surface area (Å²) in [5, 5.41) is 3.60. The Morgan fingerprint density at radius 3 is 2.08 bits per heavy atom. The minimum absolute atomic E-state index is 0.758. The molecule has 0 aromatic carbocycles.